The van der Waals surface area contributed by atoms with E-state index < -0.39 is 16.1 Å². The highest BCUT2D eigenvalue weighted by Gasteiger charge is 2.68. The minimum Gasteiger partial charge on any atom is -0.388 e. The van der Waals surface area contributed by atoms with Crippen molar-refractivity contribution in [1.29, 1.82) is 0 Å². The fourth-order valence-corrected chi connectivity index (χ4v) is 7.89. The largest absolute Gasteiger partial charge is 0.388 e. The number of aliphatic imine (C=N–C) groups is 1. The van der Waals surface area contributed by atoms with Gasteiger partial charge in [-0.05, 0) is 69.7 Å². The van der Waals surface area contributed by atoms with E-state index in [1.807, 2.05) is 71.0 Å². The number of aliphatic hydroxyl groups is 1. The Hall–Kier alpha value is -3.04. The fourth-order valence-electron chi connectivity index (χ4n) is 7.20. The predicted octanol–water partition coefficient (Wildman–Crippen LogP) is 5.10. The fraction of sp³-hybridized carbons (Fsp3) is 0.486. The highest BCUT2D eigenvalue weighted by Crippen LogP contribution is 2.72. The highest BCUT2D eigenvalue weighted by molar-refractivity contribution is 6.23. The summed E-state index contributed by atoms with van der Waals surface area (Å²) in [6.45, 7) is 15.4. The number of Topliss-reactive ketones (excluding diaryl/α,β-unsaturated/α-hetero) is 1. The number of nitrogens with two attached hydrogens (primary N) is 1. The van der Waals surface area contributed by atoms with Crippen molar-refractivity contribution in [3.63, 3.8) is 0 Å². The van der Waals surface area contributed by atoms with Crippen LogP contribution in [-0.2, 0) is 11.2 Å². The van der Waals surface area contributed by atoms with E-state index >= 15 is 0 Å². The number of rotatable bonds is 9. The van der Waals surface area contributed by atoms with Crippen LogP contribution in [0.3, 0.4) is 0 Å². The first-order valence-corrected chi connectivity index (χ1v) is 15.8. The van der Waals surface area contributed by atoms with Gasteiger partial charge >= 0.3 is 0 Å². The Balaban J connectivity index is 1.47. The summed E-state index contributed by atoms with van der Waals surface area (Å²) in [7, 11) is 4.18. The summed E-state index contributed by atoms with van der Waals surface area (Å²) in [4.78, 5) is 24.6. The van der Waals surface area contributed by atoms with Crippen molar-refractivity contribution in [3.8, 4) is 0 Å². The number of amidine groups is 1. The van der Waals surface area contributed by atoms with Crippen LogP contribution in [0, 0.1) is 25.2 Å². The van der Waals surface area contributed by atoms with Gasteiger partial charge in [-0.1, -0.05) is 49.4 Å². The van der Waals surface area contributed by atoms with Crippen molar-refractivity contribution in [1.82, 2.24) is 9.88 Å². The average molecular weight is 598 g/mol. The van der Waals surface area contributed by atoms with E-state index in [9.17, 15) is 9.90 Å². The number of aryl methyl sites for hydroxylation is 1. The molecule has 227 valence electrons. The van der Waals surface area contributed by atoms with Crippen molar-refractivity contribution >= 4 is 27.9 Å². The molecule has 3 aliphatic rings. The number of carbonyl (C=O) groups is 1. The van der Waals surface area contributed by atoms with Gasteiger partial charge in [0.2, 0.25) is 0 Å². The molecule has 0 amide bonds. The van der Waals surface area contributed by atoms with Gasteiger partial charge in [-0.3, -0.25) is 9.69 Å². The van der Waals surface area contributed by atoms with Crippen LogP contribution in [0.15, 0.2) is 64.3 Å². The SMILES string of the molecule is C/C=C1/C(=C/c2[nH]c(C)c(C(=O)C3CC3([Si])[C@](C)(Cc3ccccc3)[C@@](C)(O)CN3CCOCC3)c2C)C(N)=N/C1=C/C. The second-order valence-electron chi connectivity index (χ2n) is 12.8. The third-order valence-corrected chi connectivity index (χ3v) is 11.2. The van der Waals surface area contributed by atoms with Gasteiger partial charge in [0.15, 0.2) is 5.78 Å². The summed E-state index contributed by atoms with van der Waals surface area (Å²) in [5.41, 5.74) is 11.7. The summed E-state index contributed by atoms with van der Waals surface area (Å²) < 4.78 is 5.56. The highest BCUT2D eigenvalue weighted by atomic mass is 28.1. The summed E-state index contributed by atoms with van der Waals surface area (Å²) in [5, 5.41) is 11.7. The third-order valence-electron chi connectivity index (χ3n) is 10.1. The zero-order valence-electron chi connectivity index (χ0n) is 26.4. The van der Waals surface area contributed by atoms with Gasteiger partial charge in [0, 0.05) is 69.3 Å². The number of morpholine rings is 1. The Labute approximate surface area is 259 Å². The number of carbonyl (C=O) groups excluding carboxylic acids is 1. The molecule has 0 bridgehead atoms. The van der Waals surface area contributed by atoms with Crippen LogP contribution in [0.4, 0.5) is 0 Å². The molecule has 1 aromatic carbocycles. The van der Waals surface area contributed by atoms with E-state index in [1.165, 1.54) is 0 Å². The van der Waals surface area contributed by atoms with E-state index in [1.54, 1.807) is 0 Å². The van der Waals surface area contributed by atoms with E-state index in [0.29, 0.717) is 44.0 Å². The lowest BCUT2D eigenvalue weighted by Gasteiger charge is -2.50. The Morgan fingerprint density at radius 2 is 1.86 bits per heavy atom. The van der Waals surface area contributed by atoms with Gasteiger partial charge in [-0.25, -0.2) is 4.99 Å². The lowest BCUT2D eigenvalue weighted by Crippen LogP contribution is -2.57. The van der Waals surface area contributed by atoms with Crippen LogP contribution in [0.2, 0.25) is 5.04 Å². The monoisotopic (exact) mass is 597 g/mol. The maximum absolute atomic E-state index is 14.4. The second-order valence-corrected chi connectivity index (χ2v) is 13.7. The van der Waals surface area contributed by atoms with Gasteiger partial charge in [0.05, 0.1) is 24.5 Å². The predicted molar refractivity (Wildman–Crippen MR) is 174 cm³/mol. The molecule has 1 saturated carbocycles. The van der Waals surface area contributed by atoms with Crippen LogP contribution in [0.5, 0.6) is 0 Å². The summed E-state index contributed by atoms with van der Waals surface area (Å²) >= 11 is 0. The van der Waals surface area contributed by atoms with Crippen LogP contribution in [0.25, 0.3) is 6.08 Å². The van der Waals surface area contributed by atoms with Crippen LogP contribution in [-0.4, -0.2) is 75.3 Å². The molecule has 1 aromatic heterocycles. The quantitative estimate of drug-likeness (QED) is 0.276. The Morgan fingerprint density at radius 3 is 2.49 bits per heavy atom. The lowest BCUT2D eigenvalue weighted by atomic mass is 9.65. The molecule has 2 fully saturated rings. The molecule has 8 heteroatoms. The van der Waals surface area contributed by atoms with Crippen molar-refractivity contribution in [2.75, 3.05) is 32.8 Å². The van der Waals surface area contributed by atoms with E-state index in [4.69, 9.17) is 10.5 Å². The summed E-state index contributed by atoms with van der Waals surface area (Å²) in [6.07, 6.45) is 7.26. The molecular formula is C35H45N4O3Si. The molecule has 2 aromatic rings. The van der Waals surface area contributed by atoms with Gasteiger partial charge in [0.25, 0.3) is 0 Å². The molecule has 4 atom stereocenters. The number of benzene rings is 1. The number of allylic oxidation sites excluding steroid dienone is 3. The first kappa shape index (κ1) is 31.4. The van der Waals surface area contributed by atoms with E-state index in [2.05, 4.69) is 44.2 Å². The Bertz CT molecular complexity index is 1510. The van der Waals surface area contributed by atoms with Crippen molar-refractivity contribution in [2.24, 2.45) is 22.1 Å². The van der Waals surface area contributed by atoms with Gasteiger partial charge in [0.1, 0.15) is 5.84 Å². The number of β-amino-alcohol motifs (C(OH)–C–C–N with tert-alkyl or cyclic N) is 1. The maximum atomic E-state index is 14.4. The van der Waals surface area contributed by atoms with Gasteiger partial charge < -0.3 is 20.6 Å². The number of aromatic amines is 1. The van der Waals surface area contributed by atoms with Crippen molar-refractivity contribution in [2.45, 2.75) is 65.0 Å². The number of ketones is 1. The van der Waals surface area contributed by atoms with Crippen LogP contribution >= 0.6 is 0 Å². The minimum absolute atomic E-state index is 0.0980. The number of hydrogen-bond acceptors (Lipinski definition) is 6. The van der Waals surface area contributed by atoms with Gasteiger partial charge in [-0.15, -0.1) is 0 Å². The van der Waals surface area contributed by atoms with E-state index in [0.717, 1.165) is 52.4 Å². The first-order chi connectivity index (χ1) is 20.4. The molecule has 5 rings (SSSR count). The first-order valence-electron chi connectivity index (χ1n) is 15.3. The number of hydrogen-bond donors (Lipinski definition) is 3. The molecule has 1 saturated heterocycles. The minimum atomic E-state index is -1.08. The molecule has 2 aliphatic heterocycles. The molecule has 2 unspecified atom stereocenters. The average Bonchev–Trinajstić information content (AvgIpc) is 3.49. The van der Waals surface area contributed by atoms with Gasteiger partial charge in [-0.2, -0.15) is 0 Å². The molecule has 3 radical (unpaired) electrons. The number of nitrogens with zero attached hydrogens (tertiary/aromatic N) is 2. The van der Waals surface area contributed by atoms with E-state index in [-0.39, 0.29) is 11.7 Å². The zero-order chi connectivity index (χ0) is 31.2. The molecule has 0 spiro atoms. The Kier molecular flexibility index (Phi) is 8.61. The molecule has 3 heterocycles. The summed E-state index contributed by atoms with van der Waals surface area (Å²) in [5.74, 6) is 0.295. The topological polar surface area (TPSA) is 104 Å². The normalized spacial score (nSPS) is 28.2. The number of ether oxygens (including phenoxy) is 1. The zero-order valence-corrected chi connectivity index (χ0v) is 27.4. The number of nitrogens with one attached hydrogen (secondary N) is 1. The summed E-state index contributed by atoms with van der Waals surface area (Å²) in [6, 6.07) is 10.3. The Morgan fingerprint density at radius 1 is 1.19 bits per heavy atom. The van der Waals surface area contributed by atoms with Crippen LogP contribution < -0.4 is 5.73 Å². The standard InChI is InChI=1S/C35H45N4O3Si/c1-7-25-26(32(36)38-28(25)8-2)18-29-22(3)30(23(4)37-29)31(40)27-20-35(27,43)33(5,19-24-12-10-9-11-13-24)34(6,41)21-39-14-16-42-17-15-39/h7-13,18,27,37,41H,14-17,19-21H2,1-6H3,(H2,36,38)/b25-7-,26-18-,28-8+/t27?,33-,34+,35?/m1/s1. The maximum Gasteiger partial charge on any atom is 0.168 e. The number of H-pyrrole nitrogens is 1. The molecule has 4 N–H and O–H groups in total. The third kappa shape index (κ3) is 5.55. The van der Waals surface area contributed by atoms with Crippen LogP contribution in [0.1, 0.15) is 67.0 Å². The second kappa shape index (κ2) is 11.8. The smallest absolute Gasteiger partial charge is 0.168 e. The molecule has 7 nitrogen and oxygen atoms in total. The molecule has 1 aliphatic carbocycles. The molecule has 43 heavy (non-hydrogen) atoms. The van der Waals surface area contributed by atoms with Crippen molar-refractivity contribution < 1.29 is 14.6 Å². The molecular weight excluding hydrogens is 552 g/mol. The van der Waals surface area contributed by atoms with Crippen molar-refractivity contribution in [3.05, 3.63) is 87.4 Å². The lowest BCUT2D eigenvalue weighted by molar-refractivity contribution is -0.102. The number of aromatic nitrogens is 1.